The quantitative estimate of drug-likeness (QED) is 0.820. The molecule has 1 heterocycles. The monoisotopic (exact) mass is 272 g/mol. The predicted molar refractivity (Wildman–Crippen MR) is 74.8 cm³/mol. The van der Waals surface area contributed by atoms with Crippen LogP contribution in [0.25, 0.3) is 0 Å². The van der Waals surface area contributed by atoms with Crippen molar-refractivity contribution in [3.8, 4) is 0 Å². The van der Waals surface area contributed by atoms with Crippen LogP contribution in [-0.2, 0) is 4.74 Å². The number of amides is 1. The van der Waals surface area contributed by atoms with Crippen molar-refractivity contribution >= 4 is 6.09 Å². The number of piperidine rings is 1. The van der Waals surface area contributed by atoms with E-state index in [0.29, 0.717) is 26.1 Å². The normalized spacial score (nSPS) is 21.1. The lowest BCUT2D eigenvalue weighted by Crippen LogP contribution is -2.48. The van der Waals surface area contributed by atoms with Gasteiger partial charge < -0.3 is 20.5 Å². The van der Waals surface area contributed by atoms with Gasteiger partial charge in [-0.1, -0.05) is 6.92 Å². The number of aliphatic hydroxyl groups is 1. The largest absolute Gasteiger partial charge is 0.444 e. The van der Waals surface area contributed by atoms with Gasteiger partial charge in [0.15, 0.2) is 0 Å². The zero-order chi connectivity index (χ0) is 14.7. The Morgan fingerprint density at radius 2 is 1.95 bits per heavy atom. The fraction of sp³-hybridized carbons (Fsp3) is 0.929. The summed E-state index contributed by atoms with van der Waals surface area (Å²) in [5.74, 6) is 0. The zero-order valence-electron chi connectivity index (χ0n) is 12.6. The molecule has 0 bridgehead atoms. The van der Waals surface area contributed by atoms with Gasteiger partial charge in [0.25, 0.3) is 0 Å². The van der Waals surface area contributed by atoms with E-state index in [1.54, 1.807) is 4.90 Å². The Balaban J connectivity index is 2.50. The molecule has 0 saturated carbocycles. The van der Waals surface area contributed by atoms with E-state index in [9.17, 15) is 9.90 Å². The molecule has 0 aromatic heterocycles. The summed E-state index contributed by atoms with van der Waals surface area (Å²) in [5.41, 5.74) is 4.89. The number of carbonyl (C=O) groups is 1. The summed E-state index contributed by atoms with van der Waals surface area (Å²) in [6.07, 6.45) is 1.53. The van der Waals surface area contributed by atoms with Crippen molar-refractivity contribution in [3.05, 3.63) is 0 Å². The molecule has 0 spiro atoms. The molecule has 0 aromatic carbocycles. The van der Waals surface area contributed by atoms with Crippen molar-refractivity contribution in [2.24, 2.45) is 11.1 Å². The number of rotatable bonds is 3. The average Bonchev–Trinajstić information content (AvgIpc) is 2.27. The van der Waals surface area contributed by atoms with Crippen molar-refractivity contribution in [1.82, 2.24) is 4.90 Å². The molecule has 1 unspecified atom stereocenters. The van der Waals surface area contributed by atoms with Crippen LogP contribution < -0.4 is 5.73 Å². The van der Waals surface area contributed by atoms with E-state index >= 15 is 0 Å². The number of hydrogen-bond acceptors (Lipinski definition) is 4. The molecule has 0 aromatic rings. The Labute approximate surface area is 116 Å². The van der Waals surface area contributed by atoms with Crippen LogP contribution >= 0.6 is 0 Å². The van der Waals surface area contributed by atoms with Gasteiger partial charge in [0.1, 0.15) is 5.60 Å². The van der Waals surface area contributed by atoms with Crippen LogP contribution in [0.4, 0.5) is 4.79 Å². The summed E-state index contributed by atoms with van der Waals surface area (Å²) in [4.78, 5) is 13.7. The minimum atomic E-state index is -0.461. The van der Waals surface area contributed by atoms with Crippen LogP contribution in [0.1, 0.15) is 47.0 Å². The first-order valence-corrected chi connectivity index (χ1v) is 7.04. The lowest BCUT2D eigenvalue weighted by molar-refractivity contribution is -0.0264. The van der Waals surface area contributed by atoms with Crippen LogP contribution in [-0.4, -0.2) is 47.4 Å². The highest BCUT2D eigenvalue weighted by molar-refractivity contribution is 5.68. The number of hydrogen-bond donors (Lipinski definition) is 2. The second kappa shape index (κ2) is 6.09. The number of nitrogens with zero attached hydrogens (tertiary/aromatic N) is 1. The van der Waals surface area contributed by atoms with Gasteiger partial charge in [-0.3, -0.25) is 0 Å². The topological polar surface area (TPSA) is 75.8 Å². The Morgan fingerprint density at radius 1 is 1.42 bits per heavy atom. The molecule has 1 atom stereocenters. The van der Waals surface area contributed by atoms with E-state index < -0.39 is 11.7 Å². The maximum atomic E-state index is 11.9. The summed E-state index contributed by atoms with van der Waals surface area (Å²) in [6, 6.07) is 0. The number of ether oxygens (including phenoxy) is 1. The van der Waals surface area contributed by atoms with Crippen LogP contribution in [0.2, 0.25) is 0 Å². The Kier molecular flexibility index (Phi) is 5.21. The summed E-state index contributed by atoms with van der Waals surface area (Å²) in [7, 11) is 0. The molecule has 19 heavy (non-hydrogen) atoms. The minimum absolute atomic E-state index is 0.141. The second-order valence-electron chi connectivity index (χ2n) is 6.71. The van der Waals surface area contributed by atoms with Crippen molar-refractivity contribution in [3.63, 3.8) is 0 Å². The van der Waals surface area contributed by atoms with Crippen molar-refractivity contribution in [2.75, 3.05) is 19.6 Å². The zero-order valence-corrected chi connectivity index (χ0v) is 12.6. The van der Waals surface area contributed by atoms with Gasteiger partial charge in [0.05, 0.1) is 6.10 Å². The fourth-order valence-corrected chi connectivity index (χ4v) is 2.37. The molecule has 112 valence electrons. The first kappa shape index (κ1) is 16.2. The van der Waals surface area contributed by atoms with Crippen LogP contribution in [0.3, 0.4) is 0 Å². The molecule has 3 N–H and O–H groups in total. The number of nitrogens with two attached hydrogens (primary N) is 1. The van der Waals surface area contributed by atoms with Crippen LogP contribution in [0.5, 0.6) is 0 Å². The molecule has 1 aliphatic heterocycles. The summed E-state index contributed by atoms with van der Waals surface area (Å²) in [5, 5.41) is 10.1. The van der Waals surface area contributed by atoms with E-state index in [2.05, 4.69) is 6.92 Å². The Morgan fingerprint density at radius 3 is 2.37 bits per heavy atom. The van der Waals surface area contributed by atoms with Gasteiger partial charge in [0, 0.05) is 13.1 Å². The molecule has 1 saturated heterocycles. The molecule has 0 radical (unpaired) electrons. The third-order valence-electron chi connectivity index (χ3n) is 3.80. The highest BCUT2D eigenvalue weighted by Gasteiger charge is 2.38. The summed E-state index contributed by atoms with van der Waals surface area (Å²) in [6.45, 7) is 9.42. The minimum Gasteiger partial charge on any atom is -0.444 e. The first-order chi connectivity index (χ1) is 8.68. The fourth-order valence-electron chi connectivity index (χ4n) is 2.37. The number of carbonyl (C=O) groups excluding carboxylic acids is 1. The Bertz CT molecular complexity index is 304. The van der Waals surface area contributed by atoms with Gasteiger partial charge >= 0.3 is 6.09 Å². The molecule has 1 rings (SSSR count). The lowest BCUT2D eigenvalue weighted by atomic mass is 9.74. The van der Waals surface area contributed by atoms with Gasteiger partial charge in [0.2, 0.25) is 0 Å². The number of likely N-dealkylation sites (tertiary alicyclic amines) is 1. The van der Waals surface area contributed by atoms with Crippen molar-refractivity contribution in [2.45, 2.75) is 58.7 Å². The summed E-state index contributed by atoms with van der Waals surface area (Å²) < 4.78 is 5.36. The molecule has 1 aliphatic rings. The molecule has 5 heteroatoms. The second-order valence-corrected chi connectivity index (χ2v) is 6.71. The highest BCUT2D eigenvalue weighted by atomic mass is 16.6. The van der Waals surface area contributed by atoms with E-state index in [-0.39, 0.29) is 11.5 Å². The SMILES string of the molecule is CC(C)(C)OC(=O)N1CCC(C)(C(O)CCN)CC1. The van der Waals surface area contributed by atoms with Crippen LogP contribution in [0.15, 0.2) is 0 Å². The lowest BCUT2D eigenvalue weighted by Gasteiger charge is -2.42. The van der Waals surface area contributed by atoms with Gasteiger partial charge in [-0.05, 0) is 52.0 Å². The molecule has 1 fully saturated rings. The van der Waals surface area contributed by atoms with E-state index in [4.69, 9.17) is 10.5 Å². The van der Waals surface area contributed by atoms with E-state index in [0.717, 1.165) is 12.8 Å². The third-order valence-corrected chi connectivity index (χ3v) is 3.80. The molecule has 5 nitrogen and oxygen atoms in total. The molecule has 0 aliphatic carbocycles. The van der Waals surface area contributed by atoms with Crippen molar-refractivity contribution in [1.29, 1.82) is 0 Å². The summed E-state index contributed by atoms with van der Waals surface area (Å²) >= 11 is 0. The van der Waals surface area contributed by atoms with Gasteiger partial charge in [-0.2, -0.15) is 0 Å². The third kappa shape index (κ3) is 4.66. The molecular weight excluding hydrogens is 244 g/mol. The van der Waals surface area contributed by atoms with Crippen molar-refractivity contribution < 1.29 is 14.6 Å². The predicted octanol–water partition coefficient (Wildman–Crippen LogP) is 1.73. The standard InChI is InChI=1S/C14H28N2O3/c1-13(2,3)19-12(18)16-9-6-14(4,7-10-16)11(17)5-8-15/h11,17H,5-10,15H2,1-4H3. The maximum absolute atomic E-state index is 11.9. The smallest absolute Gasteiger partial charge is 0.410 e. The molecule has 1 amide bonds. The van der Waals surface area contributed by atoms with E-state index in [1.165, 1.54) is 0 Å². The molecular formula is C14H28N2O3. The van der Waals surface area contributed by atoms with Crippen LogP contribution in [0, 0.1) is 5.41 Å². The maximum Gasteiger partial charge on any atom is 0.410 e. The first-order valence-electron chi connectivity index (χ1n) is 7.04. The average molecular weight is 272 g/mol. The van der Waals surface area contributed by atoms with Gasteiger partial charge in [-0.15, -0.1) is 0 Å². The van der Waals surface area contributed by atoms with Gasteiger partial charge in [-0.25, -0.2) is 4.79 Å². The highest BCUT2D eigenvalue weighted by Crippen LogP contribution is 2.36. The number of aliphatic hydroxyl groups excluding tert-OH is 1. The van der Waals surface area contributed by atoms with E-state index in [1.807, 2.05) is 20.8 Å². The Hall–Kier alpha value is -0.810.